The van der Waals surface area contributed by atoms with Crippen LogP contribution in [0, 0.1) is 0 Å². The molecular weight excluding hydrogens is 206 g/mol. The summed E-state index contributed by atoms with van der Waals surface area (Å²) in [6.45, 7) is 4.05. The Kier molecular flexibility index (Phi) is 3.66. The van der Waals surface area contributed by atoms with Crippen LogP contribution in [0.25, 0.3) is 11.6 Å². The summed E-state index contributed by atoms with van der Waals surface area (Å²) in [5.74, 6) is 1.17. The van der Waals surface area contributed by atoms with Crippen LogP contribution in [0.3, 0.4) is 0 Å². The molecule has 6 nitrogen and oxygen atoms in total. The lowest BCUT2D eigenvalue weighted by atomic mass is 10.3. The molecule has 6 heteroatoms. The zero-order valence-electron chi connectivity index (χ0n) is 9.23. The van der Waals surface area contributed by atoms with E-state index in [0.717, 1.165) is 31.6 Å². The SMILES string of the molecule is CCNCCCc1nnc(-c2ccn[nH]2)o1. The zero-order valence-corrected chi connectivity index (χ0v) is 9.23. The van der Waals surface area contributed by atoms with Crippen LogP contribution in [0.4, 0.5) is 0 Å². The fraction of sp³-hybridized carbons (Fsp3) is 0.500. The van der Waals surface area contributed by atoms with Crippen molar-refractivity contribution in [3.8, 4) is 11.6 Å². The van der Waals surface area contributed by atoms with Gasteiger partial charge in [0, 0.05) is 12.6 Å². The molecule has 0 fully saturated rings. The Labute approximate surface area is 93.5 Å². The first-order chi connectivity index (χ1) is 7.90. The third-order valence-corrected chi connectivity index (χ3v) is 2.19. The van der Waals surface area contributed by atoms with Crippen molar-refractivity contribution in [1.29, 1.82) is 0 Å². The van der Waals surface area contributed by atoms with E-state index in [9.17, 15) is 0 Å². The lowest BCUT2D eigenvalue weighted by Gasteiger charge is -1.97. The summed E-state index contributed by atoms with van der Waals surface area (Å²) in [5.41, 5.74) is 0.755. The minimum absolute atomic E-state index is 0.496. The van der Waals surface area contributed by atoms with Gasteiger partial charge in [-0.15, -0.1) is 10.2 Å². The fourth-order valence-electron chi connectivity index (χ4n) is 1.38. The minimum atomic E-state index is 0.496. The van der Waals surface area contributed by atoms with Gasteiger partial charge in [0.1, 0.15) is 5.69 Å². The molecule has 0 unspecified atom stereocenters. The van der Waals surface area contributed by atoms with E-state index in [2.05, 4.69) is 32.6 Å². The average Bonchev–Trinajstić information content (AvgIpc) is 2.94. The standard InChI is InChI=1S/C10H15N5O/c1-2-11-6-3-4-9-14-15-10(16-9)8-5-7-12-13-8/h5,7,11H,2-4,6H2,1H3,(H,12,13). The van der Waals surface area contributed by atoms with E-state index in [1.807, 2.05) is 0 Å². The van der Waals surface area contributed by atoms with Gasteiger partial charge in [-0.25, -0.2) is 0 Å². The summed E-state index contributed by atoms with van der Waals surface area (Å²) in [4.78, 5) is 0. The largest absolute Gasteiger partial charge is 0.419 e. The molecule has 0 aliphatic rings. The van der Waals surface area contributed by atoms with Crippen molar-refractivity contribution >= 4 is 0 Å². The molecular formula is C10H15N5O. The predicted molar refractivity (Wildman–Crippen MR) is 58.7 cm³/mol. The van der Waals surface area contributed by atoms with Gasteiger partial charge in [0.25, 0.3) is 5.89 Å². The van der Waals surface area contributed by atoms with E-state index >= 15 is 0 Å². The zero-order chi connectivity index (χ0) is 11.2. The molecule has 0 saturated heterocycles. The summed E-state index contributed by atoms with van der Waals surface area (Å²) < 4.78 is 5.49. The summed E-state index contributed by atoms with van der Waals surface area (Å²) >= 11 is 0. The molecule has 0 spiro atoms. The maximum Gasteiger partial charge on any atom is 0.265 e. The summed E-state index contributed by atoms with van der Waals surface area (Å²) in [6, 6.07) is 1.80. The van der Waals surface area contributed by atoms with E-state index in [4.69, 9.17) is 4.42 Å². The number of aromatic amines is 1. The van der Waals surface area contributed by atoms with Gasteiger partial charge in [0.15, 0.2) is 0 Å². The molecule has 0 aromatic carbocycles. The van der Waals surface area contributed by atoms with E-state index in [-0.39, 0.29) is 0 Å². The van der Waals surface area contributed by atoms with Crippen LogP contribution in [0.2, 0.25) is 0 Å². The van der Waals surface area contributed by atoms with E-state index < -0.39 is 0 Å². The monoisotopic (exact) mass is 221 g/mol. The first-order valence-electron chi connectivity index (χ1n) is 5.43. The van der Waals surface area contributed by atoms with Gasteiger partial charge >= 0.3 is 0 Å². The Morgan fingerprint density at radius 2 is 2.38 bits per heavy atom. The number of rotatable bonds is 6. The van der Waals surface area contributed by atoms with Gasteiger partial charge in [-0.05, 0) is 25.6 Å². The van der Waals surface area contributed by atoms with Crippen LogP contribution in [0.5, 0.6) is 0 Å². The van der Waals surface area contributed by atoms with Gasteiger partial charge in [-0.1, -0.05) is 6.92 Å². The number of aryl methyl sites for hydroxylation is 1. The first kappa shape index (κ1) is 10.8. The molecule has 0 saturated carbocycles. The first-order valence-corrected chi connectivity index (χ1v) is 5.43. The van der Waals surface area contributed by atoms with E-state index in [1.54, 1.807) is 12.3 Å². The van der Waals surface area contributed by atoms with E-state index in [1.165, 1.54) is 0 Å². The lowest BCUT2D eigenvalue weighted by Crippen LogP contribution is -2.14. The highest BCUT2D eigenvalue weighted by molar-refractivity contribution is 5.44. The summed E-state index contributed by atoms with van der Waals surface area (Å²) in [5, 5.41) is 17.8. The summed E-state index contributed by atoms with van der Waals surface area (Å²) in [6.07, 6.45) is 3.46. The van der Waals surface area contributed by atoms with E-state index in [0.29, 0.717) is 11.8 Å². The van der Waals surface area contributed by atoms with Crippen LogP contribution in [-0.4, -0.2) is 33.5 Å². The molecule has 2 aromatic heterocycles. The van der Waals surface area contributed by atoms with Crippen LogP contribution < -0.4 is 5.32 Å². The molecule has 0 atom stereocenters. The van der Waals surface area contributed by atoms with Crippen molar-refractivity contribution in [2.24, 2.45) is 0 Å². The Morgan fingerprint density at radius 1 is 1.44 bits per heavy atom. The molecule has 0 aliphatic heterocycles. The van der Waals surface area contributed by atoms with Crippen LogP contribution >= 0.6 is 0 Å². The van der Waals surface area contributed by atoms with Crippen molar-refractivity contribution < 1.29 is 4.42 Å². The number of aromatic nitrogens is 4. The highest BCUT2D eigenvalue weighted by atomic mass is 16.4. The van der Waals surface area contributed by atoms with Crippen LogP contribution in [-0.2, 0) is 6.42 Å². The highest BCUT2D eigenvalue weighted by Gasteiger charge is 2.08. The highest BCUT2D eigenvalue weighted by Crippen LogP contribution is 2.14. The van der Waals surface area contributed by atoms with Gasteiger partial charge in [-0.3, -0.25) is 5.10 Å². The molecule has 0 amide bonds. The predicted octanol–water partition coefficient (Wildman–Crippen LogP) is 1.00. The minimum Gasteiger partial charge on any atom is -0.419 e. The maximum atomic E-state index is 5.49. The fourth-order valence-corrected chi connectivity index (χ4v) is 1.38. The molecule has 0 radical (unpaired) electrons. The second-order valence-electron chi connectivity index (χ2n) is 3.43. The normalized spacial score (nSPS) is 10.8. The Bertz CT molecular complexity index is 409. The molecule has 2 aromatic rings. The second-order valence-corrected chi connectivity index (χ2v) is 3.43. The smallest absolute Gasteiger partial charge is 0.265 e. The quantitative estimate of drug-likeness (QED) is 0.711. The van der Waals surface area contributed by atoms with Crippen molar-refractivity contribution in [3.05, 3.63) is 18.2 Å². The third kappa shape index (κ3) is 2.66. The van der Waals surface area contributed by atoms with Crippen LogP contribution in [0.1, 0.15) is 19.2 Å². The van der Waals surface area contributed by atoms with Gasteiger partial charge in [0.2, 0.25) is 5.89 Å². The molecule has 86 valence electrons. The lowest BCUT2D eigenvalue weighted by molar-refractivity contribution is 0.491. The van der Waals surface area contributed by atoms with Gasteiger partial charge in [0.05, 0.1) is 0 Å². The van der Waals surface area contributed by atoms with Gasteiger partial charge in [-0.2, -0.15) is 5.10 Å². The van der Waals surface area contributed by atoms with Gasteiger partial charge < -0.3 is 9.73 Å². The van der Waals surface area contributed by atoms with Crippen molar-refractivity contribution in [3.63, 3.8) is 0 Å². The molecule has 16 heavy (non-hydrogen) atoms. The number of hydrogen-bond acceptors (Lipinski definition) is 5. The second kappa shape index (κ2) is 5.41. The summed E-state index contributed by atoms with van der Waals surface area (Å²) in [7, 11) is 0. The molecule has 0 aliphatic carbocycles. The molecule has 2 N–H and O–H groups in total. The number of nitrogens with zero attached hydrogens (tertiary/aromatic N) is 3. The molecule has 0 bridgehead atoms. The molecule has 2 rings (SSSR count). The van der Waals surface area contributed by atoms with Crippen molar-refractivity contribution in [1.82, 2.24) is 25.7 Å². The third-order valence-electron chi connectivity index (χ3n) is 2.19. The number of hydrogen-bond donors (Lipinski definition) is 2. The molecule has 2 heterocycles. The van der Waals surface area contributed by atoms with Crippen molar-refractivity contribution in [2.45, 2.75) is 19.8 Å². The Balaban J connectivity index is 1.88. The maximum absolute atomic E-state index is 5.49. The Morgan fingerprint density at radius 3 is 3.12 bits per heavy atom. The number of nitrogens with one attached hydrogen (secondary N) is 2. The Hall–Kier alpha value is -1.69. The van der Waals surface area contributed by atoms with Crippen LogP contribution in [0.15, 0.2) is 16.7 Å². The topological polar surface area (TPSA) is 79.6 Å². The van der Waals surface area contributed by atoms with Crippen molar-refractivity contribution in [2.75, 3.05) is 13.1 Å². The number of H-pyrrole nitrogens is 1. The average molecular weight is 221 g/mol.